The Labute approximate surface area is 189 Å². The molecule has 3 aromatic carbocycles. The van der Waals surface area contributed by atoms with Crippen LogP contribution >= 0.6 is 11.6 Å². The molecule has 1 atom stereocenters. The number of hydrogen-bond donors (Lipinski definition) is 2. The Morgan fingerprint density at radius 2 is 1.62 bits per heavy atom. The molecular weight excluding hydrogens is 459 g/mol. The van der Waals surface area contributed by atoms with Crippen LogP contribution < -0.4 is 10.5 Å². The minimum atomic E-state index is -4.15. The number of rotatable bonds is 7. The number of carbonyl (C=O) groups is 2. The molecule has 0 spiro atoms. The average molecular weight is 477 g/mol. The van der Waals surface area contributed by atoms with Gasteiger partial charge in [-0.3, -0.25) is 4.79 Å². The van der Waals surface area contributed by atoms with Gasteiger partial charge in [0.25, 0.3) is 5.91 Å². The second kappa shape index (κ2) is 9.90. The van der Waals surface area contributed by atoms with Crippen LogP contribution in [-0.2, 0) is 19.6 Å². The number of benzene rings is 3. The Morgan fingerprint density at radius 1 is 1.00 bits per heavy atom. The molecule has 0 aliphatic heterocycles. The minimum absolute atomic E-state index is 0.456. The van der Waals surface area contributed by atoms with Crippen LogP contribution in [0.1, 0.15) is 27.5 Å². The van der Waals surface area contributed by atoms with E-state index < -0.39 is 50.8 Å². The molecule has 0 unspecified atom stereocenters. The van der Waals surface area contributed by atoms with Gasteiger partial charge in [0.1, 0.15) is 5.82 Å². The second-order valence-corrected chi connectivity index (χ2v) is 8.72. The number of nitrogens with one attached hydrogen (secondary N) is 1. The summed E-state index contributed by atoms with van der Waals surface area (Å²) in [5, 5.41) is 8.29. The van der Waals surface area contributed by atoms with Crippen molar-refractivity contribution in [2.75, 3.05) is 6.61 Å². The fraction of sp³-hybridized carbons (Fsp3) is 0.0909. The van der Waals surface area contributed by atoms with Crippen molar-refractivity contribution in [1.29, 1.82) is 0 Å². The van der Waals surface area contributed by atoms with Crippen LogP contribution in [0.25, 0.3) is 0 Å². The smallest absolute Gasteiger partial charge is 0.341 e. The third-order valence-electron chi connectivity index (χ3n) is 4.46. The van der Waals surface area contributed by atoms with Gasteiger partial charge in [-0.25, -0.2) is 22.7 Å². The van der Waals surface area contributed by atoms with Gasteiger partial charge in [0.2, 0.25) is 10.0 Å². The normalized spacial score (nSPS) is 12.1. The molecule has 0 fully saturated rings. The van der Waals surface area contributed by atoms with Crippen molar-refractivity contribution in [2.24, 2.45) is 5.14 Å². The summed E-state index contributed by atoms with van der Waals surface area (Å²) in [4.78, 5) is 24.3. The fourth-order valence-electron chi connectivity index (χ4n) is 2.91. The number of carbonyl (C=O) groups excluding carboxylic acids is 2. The van der Waals surface area contributed by atoms with Crippen molar-refractivity contribution >= 4 is 33.5 Å². The molecule has 0 heterocycles. The zero-order chi connectivity index (χ0) is 23.3. The number of amides is 1. The number of halogens is 2. The predicted octanol–water partition coefficient (Wildman–Crippen LogP) is 3.19. The number of sulfonamides is 1. The molecule has 166 valence electrons. The molecule has 3 rings (SSSR count). The number of hydrogen-bond acceptors (Lipinski definition) is 5. The van der Waals surface area contributed by atoms with E-state index in [1.807, 2.05) is 30.3 Å². The summed E-state index contributed by atoms with van der Waals surface area (Å²) in [7, 11) is -4.15. The van der Waals surface area contributed by atoms with Gasteiger partial charge in [-0.15, -0.1) is 0 Å². The number of ether oxygens (including phenoxy) is 1. The molecular formula is C22H18ClFN2O5S. The first-order chi connectivity index (χ1) is 15.1. The molecule has 0 saturated carbocycles. The van der Waals surface area contributed by atoms with E-state index in [1.165, 1.54) is 0 Å². The molecule has 10 heteroatoms. The molecule has 0 aliphatic carbocycles. The Balaban J connectivity index is 1.73. The van der Waals surface area contributed by atoms with Crippen molar-refractivity contribution in [3.8, 4) is 0 Å². The Bertz CT molecular complexity index is 1230. The van der Waals surface area contributed by atoms with E-state index in [4.69, 9.17) is 21.5 Å². The lowest BCUT2D eigenvalue weighted by Gasteiger charge is -2.20. The first-order valence-electron chi connectivity index (χ1n) is 9.24. The van der Waals surface area contributed by atoms with Crippen molar-refractivity contribution in [2.45, 2.75) is 10.9 Å². The van der Waals surface area contributed by atoms with E-state index in [-0.39, 0.29) is 0 Å². The zero-order valence-electron chi connectivity index (χ0n) is 16.5. The van der Waals surface area contributed by atoms with Crippen molar-refractivity contribution in [3.63, 3.8) is 0 Å². The van der Waals surface area contributed by atoms with Crippen LogP contribution in [0.2, 0.25) is 5.02 Å². The van der Waals surface area contributed by atoms with E-state index in [9.17, 15) is 22.4 Å². The second-order valence-electron chi connectivity index (χ2n) is 6.73. The van der Waals surface area contributed by atoms with E-state index >= 15 is 0 Å². The van der Waals surface area contributed by atoms with E-state index in [1.54, 1.807) is 24.3 Å². The highest BCUT2D eigenvalue weighted by atomic mass is 35.5. The SMILES string of the molecule is NS(=O)(=O)c1ccc(F)c(C(=O)OCC(=O)N[C@@H](c2ccccc2)c2ccc(Cl)cc2)c1. The average Bonchev–Trinajstić information content (AvgIpc) is 2.76. The maximum Gasteiger partial charge on any atom is 0.341 e. The largest absolute Gasteiger partial charge is 0.452 e. The van der Waals surface area contributed by atoms with Gasteiger partial charge < -0.3 is 10.1 Å². The van der Waals surface area contributed by atoms with Crippen LogP contribution in [0.4, 0.5) is 4.39 Å². The molecule has 0 aromatic heterocycles. The van der Waals surface area contributed by atoms with Crippen molar-refractivity contribution in [1.82, 2.24) is 5.32 Å². The van der Waals surface area contributed by atoms with Crippen LogP contribution in [0.5, 0.6) is 0 Å². The van der Waals surface area contributed by atoms with Gasteiger partial charge in [-0.2, -0.15) is 0 Å². The first kappa shape index (κ1) is 23.4. The highest BCUT2D eigenvalue weighted by Gasteiger charge is 2.21. The quantitative estimate of drug-likeness (QED) is 0.508. The molecule has 0 radical (unpaired) electrons. The monoisotopic (exact) mass is 476 g/mol. The minimum Gasteiger partial charge on any atom is -0.452 e. The molecule has 0 aliphatic rings. The van der Waals surface area contributed by atoms with Gasteiger partial charge in [0.05, 0.1) is 16.5 Å². The number of primary sulfonamides is 1. The van der Waals surface area contributed by atoms with Gasteiger partial charge >= 0.3 is 5.97 Å². The summed E-state index contributed by atoms with van der Waals surface area (Å²) in [6.45, 7) is -0.713. The number of nitrogens with two attached hydrogens (primary N) is 1. The summed E-state index contributed by atoms with van der Waals surface area (Å²) in [5.74, 6) is -2.86. The summed E-state index contributed by atoms with van der Waals surface area (Å²) in [5.41, 5.74) is 0.871. The number of esters is 1. The Morgan fingerprint density at radius 3 is 2.25 bits per heavy atom. The molecule has 1 amide bonds. The van der Waals surface area contributed by atoms with Gasteiger partial charge in [-0.1, -0.05) is 54.1 Å². The molecule has 32 heavy (non-hydrogen) atoms. The Kier molecular flexibility index (Phi) is 7.24. The first-order valence-corrected chi connectivity index (χ1v) is 11.2. The van der Waals surface area contributed by atoms with Crippen LogP contribution in [0.3, 0.4) is 0 Å². The maximum absolute atomic E-state index is 14.0. The molecule has 0 bridgehead atoms. The lowest BCUT2D eigenvalue weighted by Crippen LogP contribution is -2.33. The highest BCUT2D eigenvalue weighted by Crippen LogP contribution is 2.23. The maximum atomic E-state index is 14.0. The van der Waals surface area contributed by atoms with Crippen LogP contribution in [0.15, 0.2) is 77.7 Å². The molecule has 0 saturated heterocycles. The fourth-order valence-corrected chi connectivity index (χ4v) is 3.57. The lowest BCUT2D eigenvalue weighted by molar-refractivity contribution is -0.124. The van der Waals surface area contributed by atoms with E-state index in [0.717, 1.165) is 29.3 Å². The Hall–Kier alpha value is -3.27. The topological polar surface area (TPSA) is 116 Å². The van der Waals surface area contributed by atoms with Gasteiger partial charge in [-0.05, 0) is 41.5 Å². The zero-order valence-corrected chi connectivity index (χ0v) is 18.1. The van der Waals surface area contributed by atoms with E-state index in [2.05, 4.69) is 5.32 Å². The van der Waals surface area contributed by atoms with Crippen LogP contribution in [-0.4, -0.2) is 26.9 Å². The predicted molar refractivity (Wildman–Crippen MR) is 116 cm³/mol. The summed E-state index contributed by atoms with van der Waals surface area (Å²) < 4.78 is 41.7. The summed E-state index contributed by atoms with van der Waals surface area (Å²) in [6.07, 6.45) is 0. The molecule has 7 nitrogen and oxygen atoms in total. The van der Waals surface area contributed by atoms with Gasteiger partial charge in [0.15, 0.2) is 6.61 Å². The third kappa shape index (κ3) is 5.91. The van der Waals surface area contributed by atoms with E-state index in [0.29, 0.717) is 5.02 Å². The molecule has 3 aromatic rings. The highest BCUT2D eigenvalue weighted by molar-refractivity contribution is 7.89. The summed E-state index contributed by atoms with van der Waals surface area (Å²) in [6, 6.07) is 17.9. The standard InChI is InChI=1S/C22H18ClFN2O5S/c23-16-8-6-15(7-9-16)21(14-4-2-1-3-5-14)26-20(27)13-31-22(28)18-12-17(32(25,29)30)10-11-19(18)24/h1-12,21H,13H2,(H,26,27)(H2,25,29,30)/t21-/m0/s1. The lowest BCUT2D eigenvalue weighted by atomic mass is 9.99. The van der Waals surface area contributed by atoms with Crippen molar-refractivity contribution in [3.05, 3.63) is 100 Å². The van der Waals surface area contributed by atoms with Crippen LogP contribution in [0, 0.1) is 5.82 Å². The molecule has 3 N–H and O–H groups in total. The van der Waals surface area contributed by atoms with Crippen molar-refractivity contribution < 1.29 is 27.1 Å². The van der Waals surface area contributed by atoms with Gasteiger partial charge in [0, 0.05) is 5.02 Å². The summed E-state index contributed by atoms with van der Waals surface area (Å²) >= 11 is 5.94. The third-order valence-corrected chi connectivity index (χ3v) is 5.63.